The Bertz CT molecular complexity index is 1570. The van der Waals surface area contributed by atoms with Crippen LogP contribution in [0.5, 0.6) is 5.75 Å². The number of hydrogen-bond donors (Lipinski definition) is 1. The highest BCUT2D eigenvalue weighted by molar-refractivity contribution is 8.01. The summed E-state index contributed by atoms with van der Waals surface area (Å²) in [6.45, 7) is 0. The Morgan fingerprint density at radius 3 is 2.72 bits per heavy atom. The van der Waals surface area contributed by atoms with Gasteiger partial charge in [-0.1, -0.05) is 30.0 Å². The molecule has 1 N–H and O–H groups in total. The maximum absolute atomic E-state index is 13.0. The van der Waals surface area contributed by atoms with Crippen LogP contribution in [0, 0.1) is 10.1 Å². The molecule has 180 valence electrons. The van der Waals surface area contributed by atoms with Crippen molar-refractivity contribution in [2.24, 2.45) is 0 Å². The van der Waals surface area contributed by atoms with Gasteiger partial charge in [-0.15, -0.1) is 11.3 Å². The second-order valence-corrected chi connectivity index (χ2v) is 9.82. The first kappa shape index (κ1) is 23.5. The number of aromatic nitrogens is 1. The maximum atomic E-state index is 13.0. The number of thiazole rings is 1. The summed E-state index contributed by atoms with van der Waals surface area (Å²) in [5.41, 5.74) is 0.874. The number of nitrogens with one attached hydrogen (secondary N) is 1. The molecule has 10 nitrogen and oxygen atoms in total. The Kier molecular flexibility index (Phi) is 6.12. The first-order valence-corrected chi connectivity index (χ1v) is 12.3. The van der Waals surface area contributed by atoms with Gasteiger partial charge in [-0.3, -0.25) is 24.5 Å². The Labute approximate surface area is 212 Å². The Morgan fingerprint density at radius 2 is 1.94 bits per heavy atom. The molecule has 36 heavy (non-hydrogen) atoms. The van der Waals surface area contributed by atoms with Crippen molar-refractivity contribution in [3.05, 3.63) is 81.9 Å². The normalized spacial score (nSPS) is 12.6. The minimum atomic E-state index is -0.742. The lowest BCUT2D eigenvalue weighted by atomic mass is 10.1. The van der Waals surface area contributed by atoms with Gasteiger partial charge in [0.05, 0.1) is 44.9 Å². The molecule has 0 atom stereocenters. The van der Waals surface area contributed by atoms with E-state index in [2.05, 4.69) is 10.3 Å². The van der Waals surface area contributed by atoms with E-state index in [1.54, 1.807) is 36.4 Å². The van der Waals surface area contributed by atoms with E-state index in [4.69, 9.17) is 4.74 Å². The van der Waals surface area contributed by atoms with Gasteiger partial charge in [-0.25, -0.2) is 9.88 Å². The predicted octanol–water partition coefficient (Wildman–Crippen LogP) is 4.74. The number of carbonyl (C=O) groups is 3. The van der Waals surface area contributed by atoms with Gasteiger partial charge >= 0.3 is 0 Å². The quantitative estimate of drug-likeness (QED) is 0.160. The van der Waals surface area contributed by atoms with E-state index < -0.39 is 22.4 Å². The summed E-state index contributed by atoms with van der Waals surface area (Å²) in [5, 5.41) is 14.2. The molecule has 3 amide bonds. The number of carbonyl (C=O) groups excluding carboxylic acids is 3. The van der Waals surface area contributed by atoms with Crippen LogP contribution < -0.4 is 15.0 Å². The molecule has 1 aromatic heterocycles. The summed E-state index contributed by atoms with van der Waals surface area (Å²) >= 11 is 2.56. The van der Waals surface area contributed by atoms with Crippen molar-refractivity contribution >= 4 is 68.1 Å². The monoisotopic (exact) mass is 520 g/mol. The number of nitrogens with zero attached hydrogens (tertiary/aromatic N) is 3. The maximum Gasteiger partial charge on any atom is 0.283 e. The van der Waals surface area contributed by atoms with Crippen LogP contribution in [-0.4, -0.2) is 40.5 Å². The number of nitro groups is 1. The van der Waals surface area contributed by atoms with Gasteiger partial charge in [0.1, 0.15) is 11.3 Å². The highest BCUT2D eigenvalue weighted by atomic mass is 32.2. The van der Waals surface area contributed by atoms with Crippen LogP contribution in [0.1, 0.15) is 20.7 Å². The van der Waals surface area contributed by atoms with E-state index in [-0.39, 0.29) is 28.5 Å². The SMILES string of the molecule is COc1ccccc1NC(=O)CSc1nc2ccc(N3C(=O)c4cccc([N+](=O)[O-])c4C3=O)cc2s1. The van der Waals surface area contributed by atoms with Crippen molar-refractivity contribution in [1.29, 1.82) is 0 Å². The summed E-state index contributed by atoms with van der Waals surface area (Å²) in [6.07, 6.45) is 0. The summed E-state index contributed by atoms with van der Waals surface area (Å²) < 4.78 is 6.57. The molecule has 0 saturated carbocycles. The highest BCUT2D eigenvalue weighted by Crippen LogP contribution is 2.37. The van der Waals surface area contributed by atoms with Crippen LogP contribution in [0.4, 0.5) is 17.1 Å². The van der Waals surface area contributed by atoms with Crippen LogP contribution in [0.25, 0.3) is 10.2 Å². The molecule has 0 aliphatic carbocycles. The number of methoxy groups -OCH3 is 1. The minimum absolute atomic E-state index is 0.00379. The number of rotatable bonds is 7. The zero-order chi connectivity index (χ0) is 25.4. The number of amides is 3. The van der Waals surface area contributed by atoms with Crippen molar-refractivity contribution in [3.8, 4) is 5.75 Å². The van der Waals surface area contributed by atoms with Crippen LogP contribution in [0.3, 0.4) is 0 Å². The number of anilines is 2. The van der Waals surface area contributed by atoms with Gasteiger partial charge in [0.2, 0.25) is 5.91 Å². The number of para-hydroxylation sites is 2. The van der Waals surface area contributed by atoms with Gasteiger partial charge in [-0.05, 0) is 36.4 Å². The van der Waals surface area contributed by atoms with Crippen molar-refractivity contribution in [2.45, 2.75) is 4.34 Å². The molecule has 0 spiro atoms. The molecule has 1 aliphatic heterocycles. The zero-order valence-corrected chi connectivity index (χ0v) is 20.2. The topological polar surface area (TPSA) is 132 Å². The molecule has 0 saturated heterocycles. The van der Waals surface area contributed by atoms with Gasteiger partial charge in [0.15, 0.2) is 4.34 Å². The minimum Gasteiger partial charge on any atom is -0.495 e. The van der Waals surface area contributed by atoms with Gasteiger partial charge < -0.3 is 10.1 Å². The van der Waals surface area contributed by atoms with Gasteiger partial charge in [-0.2, -0.15) is 0 Å². The van der Waals surface area contributed by atoms with E-state index in [9.17, 15) is 24.5 Å². The summed E-state index contributed by atoms with van der Waals surface area (Å²) in [4.78, 5) is 54.4. The molecule has 2 heterocycles. The van der Waals surface area contributed by atoms with Gasteiger partial charge in [0.25, 0.3) is 17.5 Å². The predicted molar refractivity (Wildman–Crippen MR) is 136 cm³/mol. The second-order valence-electron chi connectivity index (χ2n) is 7.57. The second kappa shape index (κ2) is 9.40. The number of thioether (sulfide) groups is 1. The standard InChI is InChI=1S/C24H16N4O6S2/c1-34-18-8-3-2-6-15(18)25-20(29)12-35-24-26-16-10-9-13(11-19(16)36-24)27-22(30)14-5-4-7-17(28(32)33)21(14)23(27)31/h2-11H,12H2,1H3,(H,25,29). The van der Waals surface area contributed by atoms with E-state index in [1.165, 1.54) is 48.4 Å². The molecule has 0 radical (unpaired) electrons. The summed E-state index contributed by atoms with van der Waals surface area (Å²) in [5.74, 6) is -0.912. The fourth-order valence-electron chi connectivity index (χ4n) is 3.81. The molecule has 0 unspecified atom stereocenters. The van der Waals surface area contributed by atoms with E-state index in [0.29, 0.717) is 26.0 Å². The first-order valence-electron chi connectivity index (χ1n) is 10.5. The molecule has 0 fully saturated rings. The molecule has 5 rings (SSSR count). The van der Waals surface area contributed by atoms with Crippen molar-refractivity contribution in [1.82, 2.24) is 4.98 Å². The van der Waals surface area contributed by atoms with Crippen LogP contribution in [0.2, 0.25) is 0 Å². The number of imide groups is 1. The zero-order valence-electron chi connectivity index (χ0n) is 18.6. The fourth-order valence-corrected chi connectivity index (χ4v) is 5.71. The third-order valence-electron chi connectivity index (χ3n) is 5.41. The first-order chi connectivity index (χ1) is 17.4. The van der Waals surface area contributed by atoms with Crippen LogP contribution >= 0.6 is 23.1 Å². The third kappa shape index (κ3) is 4.16. The van der Waals surface area contributed by atoms with Crippen molar-refractivity contribution in [2.75, 3.05) is 23.1 Å². The summed E-state index contributed by atoms with van der Waals surface area (Å²) in [7, 11) is 1.53. The number of fused-ring (bicyclic) bond motifs is 2. The van der Waals surface area contributed by atoms with E-state index in [0.717, 1.165) is 4.90 Å². The van der Waals surface area contributed by atoms with E-state index in [1.807, 2.05) is 6.07 Å². The Morgan fingerprint density at radius 1 is 1.14 bits per heavy atom. The average Bonchev–Trinajstić information content (AvgIpc) is 3.40. The highest BCUT2D eigenvalue weighted by Gasteiger charge is 2.41. The molecule has 12 heteroatoms. The van der Waals surface area contributed by atoms with Gasteiger partial charge in [0, 0.05) is 6.07 Å². The lowest BCUT2D eigenvalue weighted by Crippen LogP contribution is -2.29. The Balaban J connectivity index is 1.34. The third-order valence-corrected chi connectivity index (χ3v) is 7.57. The number of benzene rings is 3. The Hall–Kier alpha value is -4.29. The number of nitro benzene ring substituents is 1. The smallest absolute Gasteiger partial charge is 0.283 e. The molecular formula is C24H16N4O6S2. The molecule has 0 bridgehead atoms. The average molecular weight is 521 g/mol. The van der Waals surface area contributed by atoms with Crippen LogP contribution in [-0.2, 0) is 4.79 Å². The molecule has 1 aliphatic rings. The molecular weight excluding hydrogens is 504 g/mol. The number of hydrogen-bond acceptors (Lipinski definition) is 9. The van der Waals surface area contributed by atoms with Crippen molar-refractivity contribution in [3.63, 3.8) is 0 Å². The van der Waals surface area contributed by atoms with Crippen molar-refractivity contribution < 1.29 is 24.0 Å². The molecule has 4 aromatic rings. The van der Waals surface area contributed by atoms with Crippen LogP contribution in [0.15, 0.2) is 65.0 Å². The summed E-state index contributed by atoms with van der Waals surface area (Å²) in [6, 6.07) is 16.0. The number of ether oxygens (including phenoxy) is 1. The fraction of sp³-hybridized carbons (Fsp3) is 0.0833. The van der Waals surface area contributed by atoms with E-state index >= 15 is 0 Å². The lowest BCUT2D eigenvalue weighted by Gasteiger charge is -2.13. The molecule has 3 aromatic carbocycles. The largest absolute Gasteiger partial charge is 0.495 e. The lowest BCUT2D eigenvalue weighted by molar-refractivity contribution is -0.385.